The van der Waals surface area contributed by atoms with E-state index < -0.39 is 23.1 Å². The van der Waals surface area contributed by atoms with Gasteiger partial charge < -0.3 is 14.7 Å². The number of likely N-dealkylation sites (tertiary alicyclic amines) is 1. The van der Waals surface area contributed by atoms with Gasteiger partial charge in [0.1, 0.15) is 18.2 Å². The van der Waals surface area contributed by atoms with Gasteiger partial charge in [0.15, 0.2) is 11.6 Å². The van der Waals surface area contributed by atoms with Crippen molar-refractivity contribution in [3.63, 3.8) is 0 Å². The van der Waals surface area contributed by atoms with Crippen molar-refractivity contribution >= 4 is 0 Å². The van der Waals surface area contributed by atoms with Gasteiger partial charge in [0.25, 0.3) is 0 Å². The number of halogens is 3. The lowest BCUT2D eigenvalue weighted by molar-refractivity contribution is -0.0204. The summed E-state index contributed by atoms with van der Waals surface area (Å²) in [6.07, 6.45) is 1.29. The second-order valence-corrected chi connectivity index (χ2v) is 8.04. The lowest BCUT2D eigenvalue weighted by Gasteiger charge is -2.37. The largest absolute Gasteiger partial charge is 0.492 e. The lowest BCUT2D eigenvalue weighted by Crippen LogP contribution is -2.40. The number of fused-ring (bicyclic) bond motifs is 1. The van der Waals surface area contributed by atoms with Crippen LogP contribution in [0, 0.1) is 17.5 Å². The fraction of sp³-hybridized carbons (Fsp3) is 0.455. The predicted octanol–water partition coefficient (Wildman–Crippen LogP) is 3.41. The Bertz CT molecular complexity index is 898. The number of piperidine rings is 1. The van der Waals surface area contributed by atoms with E-state index in [1.54, 1.807) is 0 Å². The first-order valence-electron chi connectivity index (χ1n) is 9.87. The monoisotopic (exact) mass is 406 g/mol. The van der Waals surface area contributed by atoms with E-state index in [4.69, 9.17) is 4.74 Å². The molecule has 1 fully saturated rings. The van der Waals surface area contributed by atoms with Crippen LogP contribution in [-0.2, 0) is 18.7 Å². The van der Waals surface area contributed by atoms with Crippen LogP contribution < -0.4 is 4.74 Å². The van der Waals surface area contributed by atoms with Crippen LogP contribution in [0.25, 0.3) is 0 Å². The van der Waals surface area contributed by atoms with Gasteiger partial charge in [-0.1, -0.05) is 6.07 Å². The van der Waals surface area contributed by atoms with Crippen molar-refractivity contribution in [1.82, 2.24) is 9.80 Å². The molecule has 1 N–H and O–H groups in total. The molecule has 2 aliphatic rings. The van der Waals surface area contributed by atoms with Crippen molar-refractivity contribution < 1.29 is 23.0 Å². The maximum Gasteiger partial charge on any atom is 0.166 e. The zero-order valence-electron chi connectivity index (χ0n) is 16.4. The Morgan fingerprint density at radius 3 is 2.52 bits per heavy atom. The average molecular weight is 406 g/mol. The molecule has 0 saturated carbocycles. The quantitative estimate of drug-likeness (QED) is 0.793. The Morgan fingerprint density at radius 1 is 1.03 bits per heavy atom. The third-order valence-corrected chi connectivity index (χ3v) is 5.99. The molecule has 29 heavy (non-hydrogen) atoms. The minimum absolute atomic E-state index is 0.0580. The second-order valence-electron chi connectivity index (χ2n) is 8.04. The fourth-order valence-electron chi connectivity index (χ4n) is 4.09. The highest BCUT2D eigenvalue weighted by Gasteiger charge is 2.34. The van der Waals surface area contributed by atoms with Gasteiger partial charge in [-0.15, -0.1) is 0 Å². The van der Waals surface area contributed by atoms with E-state index >= 15 is 0 Å². The molecule has 0 aromatic heterocycles. The van der Waals surface area contributed by atoms with Gasteiger partial charge in [-0.3, -0.25) is 4.90 Å². The summed E-state index contributed by atoms with van der Waals surface area (Å²) in [5.74, 6) is -2.26. The topological polar surface area (TPSA) is 35.9 Å². The SMILES string of the molecule is CN1CCC(O)(c2ccc3c(c2)CN(Cc2c(F)ccc(F)c2F)CCO3)CC1. The minimum atomic E-state index is -1.15. The molecule has 4 rings (SSSR count). The smallest absolute Gasteiger partial charge is 0.166 e. The zero-order valence-corrected chi connectivity index (χ0v) is 16.4. The van der Waals surface area contributed by atoms with Crippen LogP contribution in [0.4, 0.5) is 13.2 Å². The molecule has 0 atom stereocenters. The predicted molar refractivity (Wildman–Crippen MR) is 103 cm³/mol. The van der Waals surface area contributed by atoms with Crippen molar-refractivity contribution in [2.24, 2.45) is 0 Å². The number of aliphatic hydroxyl groups is 1. The summed E-state index contributed by atoms with van der Waals surface area (Å²) in [5.41, 5.74) is 0.514. The van der Waals surface area contributed by atoms with Crippen LogP contribution >= 0.6 is 0 Å². The molecule has 0 bridgehead atoms. The van der Waals surface area contributed by atoms with Crippen LogP contribution in [0.3, 0.4) is 0 Å². The van der Waals surface area contributed by atoms with Crippen molar-refractivity contribution in [3.05, 3.63) is 64.5 Å². The van der Waals surface area contributed by atoms with E-state index in [-0.39, 0.29) is 12.1 Å². The van der Waals surface area contributed by atoms with Gasteiger partial charge in [-0.05, 0) is 49.7 Å². The Balaban J connectivity index is 1.58. The Kier molecular flexibility index (Phi) is 5.55. The zero-order chi connectivity index (χ0) is 20.6. The molecular formula is C22H25F3N2O2. The van der Waals surface area contributed by atoms with Gasteiger partial charge in [-0.2, -0.15) is 0 Å². The maximum atomic E-state index is 14.1. The molecule has 0 aliphatic carbocycles. The molecule has 4 nitrogen and oxygen atoms in total. The Labute approximate surface area is 168 Å². The fourth-order valence-corrected chi connectivity index (χ4v) is 4.09. The van der Waals surface area contributed by atoms with Crippen molar-refractivity contribution in [2.75, 3.05) is 33.3 Å². The minimum Gasteiger partial charge on any atom is -0.492 e. The summed E-state index contributed by atoms with van der Waals surface area (Å²) >= 11 is 0. The first-order chi connectivity index (χ1) is 13.9. The second kappa shape index (κ2) is 7.97. The van der Waals surface area contributed by atoms with Crippen LogP contribution in [-0.4, -0.2) is 48.2 Å². The molecule has 2 aliphatic heterocycles. The summed E-state index contributed by atoms with van der Waals surface area (Å²) in [5, 5.41) is 11.1. The van der Waals surface area contributed by atoms with Gasteiger partial charge >= 0.3 is 0 Å². The van der Waals surface area contributed by atoms with Gasteiger partial charge in [0.2, 0.25) is 0 Å². The molecule has 2 aromatic rings. The van der Waals surface area contributed by atoms with Gasteiger partial charge in [0.05, 0.1) is 5.60 Å². The highest BCUT2D eigenvalue weighted by Crippen LogP contribution is 2.36. The van der Waals surface area contributed by atoms with Crippen LogP contribution in [0.1, 0.15) is 29.5 Å². The number of hydrogen-bond acceptors (Lipinski definition) is 4. The van der Waals surface area contributed by atoms with Gasteiger partial charge in [-0.25, -0.2) is 13.2 Å². The summed E-state index contributed by atoms with van der Waals surface area (Å²) in [6.45, 7) is 2.78. The van der Waals surface area contributed by atoms with E-state index in [1.807, 2.05) is 30.1 Å². The highest BCUT2D eigenvalue weighted by molar-refractivity contribution is 5.40. The van der Waals surface area contributed by atoms with E-state index in [2.05, 4.69) is 4.90 Å². The van der Waals surface area contributed by atoms with Crippen LogP contribution in [0.2, 0.25) is 0 Å². The van der Waals surface area contributed by atoms with E-state index in [0.29, 0.717) is 38.3 Å². The lowest BCUT2D eigenvalue weighted by atomic mass is 9.84. The van der Waals surface area contributed by atoms with Crippen LogP contribution in [0.5, 0.6) is 5.75 Å². The first kappa shape index (κ1) is 20.2. The molecule has 0 amide bonds. The normalized spacial score (nSPS) is 20.0. The van der Waals surface area contributed by atoms with Crippen molar-refractivity contribution in [1.29, 1.82) is 0 Å². The first-order valence-corrected chi connectivity index (χ1v) is 9.87. The third kappa shape index (κ3) is 4.13. The number of nitrogens with zero attached hydrogens (tertiary/aromatic N) is 2. The summed E-state index contributed by atoms with van der Waals surface area (Å²) in [7, 11) is 2.03. The maximum absolute atomic E-state index is 14.1. The standard InChI is InChI=1S/C22H25F3N2O2/c1-26-8-6-22(28,7-9-26)16-2-5-20-15(12-16)13-27(10-11-29-20)14-17-18(23)3-4-19(24)21(17)25/h2-5,12,28H,6-11,13-14H2,1H3. The van der Waals surface area contributed by atoms with E-state index in [0.717, 1.165) is 36.3 Å². The molecule has 2 heterocycles. The molecule has 0 unspecified atom stereocenters. The number of benzene rings is 2. The molecule has 7 heteroatoms. The summed E-state index contributed by atoms with van der Waals surface area (Å²) in [6, 6.07) is 7.42. The van der Waals surface area contributed by atoms with Gasteiger partial charge in [0, 0.05) is 43.9 Å². The highest BCUT2D eigenvalue weighted by atomic mass is 19.2. The molecule has 1 saturated heterocycles. The summed E-state index contributed by atoms with van der Waals surface area (Å²) in [4.78, 5) is 4.01. The number of rotatable bonds is 3. The van der Waals surface area contributed by atoms with E-state index in [1.165, 1.54) is 0 Å². The van der Waals surface area contributed by atoms with Crippen molar-refractivity contribution in [2.45, 2.75) is 31.5 Å². The molecule has 0 spiro atoms. The molecular weight excluding hydrogens is 381 g/mol. The summed E-state index contributed by atoms with van der Waals surface area (Å²) < 4.78 is 47.5. The number of ether oxygens (including phenoxy) is 1. The average Bonchev–Trinajstić information content (AvgIpc) is 2.91. The number of hydrogen-bond donors (Lipinski definition) is 1. The van der Waals surface area contributed by atoms with Crippen LogP contribution in [0.15, 0.2) is 30.3 Å². The third-order valence-electron chi connectivity index (χ3n) is 5.99. The Morgan fingerprint density at radius 2 is 1.76 bits per heavy atom. The molecule has 156 valence electrons. The Hall–Kier alpha value is -2.09. The molecule has 2 aromatic carbocycles. The molecule has 0 radical (unpaired) electrons. The van der Waals surface area contributed by atoms with E-state index in [9.17, 15) is 18.3 Å². The van der Waals surface area contributed by atoms with Crippen molar-refractivity contribution in [3.8, 4) is 5.75 Å².